The fourth-order valence-electron chi connectivity index (χ4n) is 4.65. The van der Waals surface area contributed by atoms with Gasteiger partial charge in [-0.2, -0.15) is 0 Å². The van der Waals surface area contributed by atoms with E-state index in [-0.39, 0.29) is 17.7 Å². The number of nitrogens with one attached hydrogen (secondary N) is 1. The van der Waals surface area contributed by atoms with Crippen LogP contribution < -0.4 is 19.7 Å². The number of fused-ring (bicyclic) bond motifs is 1. The Morgan fingerprint density at radius 2 is 1.82 bits per heavy atom. The monoisotopic (exact) mass is 464 g/mol. The van der Waals surface area contributed by atoms with Gasteiger partial charge in [0.15, 0.2) is 11.5 Å². The standard InChI is InChI=1S/C26H32N4O4/c1-5-20-25(29(2)26(32)17-9-7-6-8-10-17)30-16-18(11-14-23(30)28-20)24(31)27-19-12-13-21(33-3)22(15-19)34-4/h11-17H,5-10H2,1-4H3,(H,27,31). The first-order valence-corrected chi connectivity index (χ1v) is 11.8. The number of aromatic nitrogens is 2. The molecule has 0 bridgehead atoms. The summed E-state index contributed by atoms with van der Waals surface area (Å²) in [5.74, 6) is 1.75. The first-order chi connectivity index (χ1) is 16.5. The van der Waals surface area contributed by atoms with Crippen LogP contribution >= 0.6 is 0 Å². The minimum Gasteiger partial charge on any atom is -0.493 e. The molecular weight excluding hydrogens is 432 g/mol. The minimum absolute atomic E-state index is 0.0468. The van der Waals surface area contributed by atoms with Crippen LogP contribution in [0.5, 0.6) is 11.5 Å². The summed E-state index contributed by atoms with van der Waals surface area (Å²) in [6, 6.07) is 8.76. The lowest BCUT2D eigenvalue weighted by Crippen LogP contribution is -2.35. The van der Waals surface area contributed by atoms with E-state index in [0.717, 1.165) is 37.2 Å². The topological polar surface area (TPSA) is 85.2 Å². The summed E-state index contributed by atoms with van der Waals surface area (Å²) in [6.45, 7) is 2.02. The Bertz CT molecular complexity index is 1200. The number of benzene rings is 1. The second-order valence-corrected chi connectivity index (χ2v) is 8.64. The number of carbonyl (C=O) groups excluding carboxylic acids is 2. The number of imidazole rings is 1. The Balaban J connectivity index is 1.64. The molecule has 4 rings (SSSR count). The molecule has 0 unspecified atom stereocenters. The number of amides is 2. The van der Waals surface area contributed by atoms with Gasteiger partial charge in [-0.3, -0.25) is 18.9 Å². The van der Waals surface area contributed by atoms with E-state index in [1.165, 1.54) is 6.42 Å². The van der Waals surface area contributed by atoms with Crippen LogP contribution in [-0.2, 0) is 11.2 Å². The molecule has 2 amide bonds. The lowest BCUT2D eigenvalue weighted by molar-refractivity contribution is -0.123. The maximum atomic E-state index is 13.3. The van der Waals surface area contributed by atoms with Gasteiger partial charge in [0.2, 0.25) is 5.91 Å². The molecule has 0 aliphatic heterocycles. The van der Waals surface area contributed by atoms with Crippen LogP contribution in [0.15, 0.2) is 36.5 Å². The molecule has 8 heteroatoms. The highest BCUT2D eigenvalue weighted by molar-refractivity contribution is 6.04. The van der Waals surface area contributed by atoms with Crippen molar-refractivity contribution in [2.45, 2.75) is 45.4 Å². The van der Waals surface area contributed by atoms with Crippen molar-refractivity contribution in [2.75, 3.05) is 31.5 Å². The summed E-state index contributed by atoms with van der Waals surface area (Å²) in [5.41, 5.74) is 2.59. The van der Waals surface area contributed by atoms with Crippen LogP contribution in [-0.4, -0.2) is 42.5 Å². The molecule has 0 spiro atoms. The molecule has 1 N–H and O–H groups in total. The third kappa shape index (κ3) is 4.58. The van der Waals surface area contributed by atoms with E-state index >= 15 is 0 Å². The number of methoxy groups -OCH3 is 2. The maximum absolute atomic E-state index is 13.3. The van der Waals surface area contributed by atoms with Gasteiger partial charge < -0.3 is 14.8 Å². The van der Waals surface area contributed by atoms with E-state index < -0.39 is 0 Å². The van der Waals surface area contributed by atoms with Gasteiger partial charge in [-0.25, -0.2) is 4.98 Å². The summed E-state index contributed by atoms with van der Waals surface area (Å²) in [6.07, 6.45) is 7.68. The van der Waals surface area contributed by atoms with Crippen molar-refractivity contribution < 1.29 is 19.1 Å². The van der Waals surface area contributed by atoms with Crippen LogP contribution in [0.4, 0.5) is 11.5 Å². The number of anilines is 2. The molecule has 1 fully saturated rings. The quantitative estimate of drug-likeness (QED) is 0.547. The fourth-order valence-corrected chi connectivity index (χ4v) is 4.65. The average Bonchev–Trinajstić information content (AvgIpc) is 3.26. The zero-order chi connectivity index (χ0) is 24.2. The number of hydrogen-bond donors (Lipinski definition) is 1. The van der Waals surface area contributed by atoms with E-state index in [2.05, 4.69) is 5.32 Å². The van der Waals surface area contributed by atoms with Crippen molar-refractivity contribution in [2.24, 2.45) is 5.92 Å². The van der Waals surface area contributed by atoms with Crippen LogP contribution in [0.25, 0.3) is 5.65 Å². The molecule has 2 aromatic heterocycles. The molecule has 2 heterocycles. The van der Waals surface area contributed by atoms with E-state index in [4.69, 9.17) is 14.5 Å². The molecule has 0 atom stereocenters. The lowest BCUT2D eigenvalue weighted by atomic mass is 9.88. The Morgan fingerprint density at radius 1 is 1.09 bits per heavy atom. The van der Waals surface area contributed by atoms with Gasteiger partial charge >= 0.3 is 0 Å². The summed E-state index contributed by atoms with van der Waals surface area (Å²) >= 11 is 0. The highest BCUT2D eigenvalue weighted by Crippen LogP contribution is 2.31. The number of hydrogen-bond acceptors (Lipinski definition) is 5. The number of carbonyl (C=O) groups is 2. The Morgan fingerprint density at radius 3 is 2.50 bits per heavy atom. The molecule has 1 aliphatic rings. The third-order valence-electron chi connectivity index (χ3n) is 6.50. The third-order valence-corrected chi connectivity index (χ3v) is 6.50. The molecule has 3 aromatic rings. The number of nitrogens with zero attached hydrogens (tertiary/aromatic N) is 3. The smallest absolute Gasteiger partial charge is 0.257 e. The van der Waals surface area contributed by atoms with E-state index in [1.807, 2.05) is 24.4 Å². The van der Waals surface area contributed by atoms with Crippen LogP contribution in [0.1, 0.15) is 55.1 Å². The van der Waals surface area contributed by atoms with Gasteiger partial charge in [0.25, 0.3) is 5.91 Å². The van der Waals surface area contributed by atoms with Crippen LogP contribution in [0.3, 0.4) is 0 Å². The summed E-state index contributed by atoms with van der Waals surface area (Å²) < 4.78 is 12.4. The number of aryl methyl sites for hydroxylation is 1. The minimum atomic E-state index is -0.270. The average molecular weight is 465 g/mol. The molecule has 1 aromatic carbocycles. The summed E-state index contributed by atoms with van der Waals surface area (Å²) in [4.78, 5) is 32.8. The molecule has 180 valence electrons. The fraction of sp³-hybridized carbons (Fsp3) is 0.423. The van der Waals surface area contributed by atoms with Crippen molar-refractivity contribution in [3.8, 4) is 11.5 Å². The molecule has 8 nitrogen and oxygen atoms in total. The van der Waals surface area contributed by atoms with Crippen molar-refractivity contribution in [3.63, 3.8) is 0 Å². The second kappa shape index (κ2) is 10.2. The lowest BCUT2D eigenvalue weighted by Gasteiger charge is -2.26. The zero-order valence-corrected chi connectivity index (χ0v) is 20.3. The molecular formula is C26H32N4O4. The van der Waals surface area contributed by atoms with Crippen molar-refractivity contribution >= 4 is 29.0 Å². The SMILES string of the molecule is CCc1nc2ccc(C(=O)Nc3ccc(OC)c(OC)c3)cn2c1N(C)C(=O)C1CCCCC1. The van der Waals surface area contributed by atoms with Crippen molar-refractivity contribution in [1.29, 1.82) is 0 Å². The highest BCUT2D eigenvalue weighted by Gasteiger charge is 2.28. The maximum Gasteiger partial charge on any atom is 0.257 e. The molecule has 0 radical (unpaired) electrons. The Kier molecular flexibility index (Phi) is 7.05. The molecule has 1 aliphatic carbocycles. The normalized spacial score (nSPS) is 14.1. The predicted octanol–water partition coefficient (Wildman–Crippen LogP) is 4.71. The predicted molar refractivity (Wildman–Crippen MR) is 132 cm³/mol. The molecule has 34 heavy (non-hydrogen) atoms. The highest BCUT2D eigenvalue weighted by atomic mass is 16.5. The number of pyridine rings is 1. The largest absolute Gasteiger partial charge is 0.493 e. The first kappa shape index (κ1) is 23.6. The summed E-state index contributed by atoms with van der Waals surface area (Å²) in [7, 11) is 4.93. The molecule has 1 saturated carbocycles. The molecule has 0 saturated heterocycles. The summed E-state index contributed by atoms with van der Waals surface area (Å²) in [5, 5.41) is 2.90. The Hall–Kier alpha value is -3.55. The van der Waals surface area contributed by atoms with Crippen molar-refractivity contribution in [3.05, 3.63) is 47.8 Å². The van der Waals surface area contributed by atoms with Gasteiger partial charge in [-0.15, -0.1) is 0 Å². The van der Waals surface area contributed by atoms with Gasteiger partial charge in [-0.05, 0) is 43.5 Å². The van der Waals surface area contributed by atoms with Crippen LogP contribution in [0, 0.1) is 5.92 Å². The second-order valence-electron chi connectivity index (χ2n) is 8.64. The number of rotatable bonds is 7. The van der Waals surface area contributed by atoms with E-state index in [1.54, 1.807) is 49.6 Å². The van der Waals surface area contributed by atoms with Gasteiger partial charge in [-0.1, -0.05) is 26.2 Å². The van der Waals surface area contributed by atoms with Gasteiger partial charge in [0, 0.05) is 30.9 Å². The van der Waals surface area contributed by atoms with Gasteiger partial charge in [0.05, 0.1) is 25.5 Å². The number of ether oxygens (including phenoxy) is 2. The van der Waals surface area contributed by atoms with Crippen LogP contribution in [0.2, 0.25) is 0 Å². The van der Waals surface area contributed by atoms with Crippen molar-refractivity contribution in [1.82, 2.24) is 9.38 Å². The van der Waals surface area contributed by atoms with E-state index in [9.17, 15) is 9.59 Å². The van der Waals surface area contributed by atoms with E-state index in [0.29, 0.717) is 34.8 Å². The van der Waals surface area contributed by atoms with Gasteiger partial charge in [0.1, 0.15) is 11.5 Å². The zero-order valence-electron chi connectivity index (χ0n) is 20.3. The first-order valence-electron chi connectivity index (χ1n) is 11.8. The Labute approximate surface area is 199 Å².